The zero-order valence-electron chi connectivity index (χ0n) is 20.0. The SMILES string of the molecule is C[C@@H]1CCC(O)[C@@]2(C)CC[C@H]3[C@H](C)CC(C(=O)NCCOCCN)[C@H](C[C@H]12)C3(C)C. The van der Waals surface area contributed by atoms with E-state index < -0.39 is 0 Å². The second-order valence-electron chi connectivity index (χ2n) is 11.5. The molecule has 0 radical (unpaired) electrons. The molecule has 3 aliphatic rings. The molecule has 4 N–H and O–H groups in total. The maximum atomic E-state index is 13.3. The lowest BCUT2D eigenvalue weighted by atomic mass is 9.46. The first-order valence-electron chi connectivity index (χ1n) is 12.4. The van der Waals surface area contributed by atoms with E-state index in [2.05, 4.69) is 39.9 Å². The molecule has 3 fully saturated rings. The van der Waals surface area contributed by atoms with Crippen molar-refractivity contribution in [3.05, 3.63) is 0 Å². The van der Waals surface area contributed by atoms with Gasteiger partial charge in [-0.2, -0.15) is 0 Å². The highest BCUT2D eigenvalue weighted by Crippen LogP contribution is 2.61. The predicted octanol–water partition coefficient (Wildman–Crippen LogP) is 3.59. The first-order chi connectivity index (χ1) is 14.1. The lowest BCUT2D eigenvalue weighted by molar-refractivity contribution is -0.151. The van der Waals surface area contributed by atoms with Crippen molar-refractivity contribution in [3.63, 3.8) is 0 Å². The molecule has 0 aromatic heterocycles. The largest absolute Gasteiger partial charge is 0.393 e. The molecule has 0 aromatic carbocycles. The van der Waals surface area contributed by atoms with Gasteiger partial charge in [0.2, 0.25) is 5.91 Å². The van der Waals surface area contributed by atoms with Crippen molar-refractivity contribution < 1.29 is 14.6 Å². The average molecular weight is 423 g/mol. The summed E-state index contributed by atoms with van der Waals surface area (Å²) in [5, 5.41) is 14.2. The van der Waals surface area contributed by atoms with Gasteiger partial charge in [-0.3, -0.25) is 4.79 Å². The number of rotatable bonds is 6. The summed E-state index contributed by atoms with van der Waals surface area (Å²) in [5.41, 5.74) is 5.59. The second-order valence-corrected chi connectivity index (χ2v) is 11.5. The molecule has 0 spiro atoms. The van der Waals surface area contributed by atoms with Crippen LogP contribution < -0.4 is 11.1 Å². The molecule has 0 saturated heterocycles. The van der Waals surface area contributed by atoms with Crippen molar-refractivity contribution in [2.45, 2.75) is 79.2 Å². The normalized spacial score (nSPS) is 43.2. The van der Waals surface area contributed by atoms with E-state index in [1.807, 2.05) is 0 Å². The number of fused-ring (bicyclic) bond motifs is 3. The Morgan fingerprint density at radius 2 is 1.77 bits per heavy atom. The third-order valence-corrected chi connectivity index (χ3v) is 9.55. The molecular formula is C25H46N2O3. The number of nitrogens with one attached hydrogen (secondary N) is 1. The molecule has 0 aromatic rings. The molecule has 0 heterocycles. The van der Waals surface area contributed by atoms with Gasteiger partial charge in [0.1, 0.15) is 0 Å². The molecule has 8 atom stereocenters. The van der Waals surface area contributed by atoms with Crippen molar-refractivity contribution >= 4 is 5.91 Å². The summed E-state index contributed by atoms with van der Waals surface area (Å²) in [7, 11) is 0. The average Bonchev–Trinajstić information content (AvgIpc) is 2.68. The lowest BCUT2D eigenvalue weighted by Crippen LogP contribution is -2.56. The second kappa shape index (κ2) is 9.46. The fourth-order valence-corrected chi connectivity index (χ4v) is 7.68. The van der Waals surface area contributed by atoms with Crippen LogP contribution in [0.1, 0.15) is 73.1 Å². The summed E-state index contributed by atoms with van der Waals surface area (Å²) < 4.78 is 5.44. The van der Waals surface area contributed by atoms with Crippen LogP contribution in [0.3, 0.4) is 0 Å². The number of aliphatic hydroxyl groups is 1. The van der Waals surface area contributed by atoms with Crippen molar-refractivity contribution in [2.24, 2.45) is 52.1 Å². The maximum absolute atomic E-state index is 13.3. The van der Waals surface area contributed by atoms with Gasteiger partial charge in [0, 0.05) is 19.0 Å². The van der Waals surface area contributed by atoms with Crippen LogP contribution >= 0.6 is 0 Å². The standard InChI is InChI=1S/C25H46N2O3/c1-16-6-7-22(28)25(5)9-8-19-17(2)14-18(21(15-20(16)25)24(19,3)4)23(29)27-11-13-30-12-10-26/h16-22,28H,6-15,26H2,1-5H3,(H,27,29)/t16-,17-,18?,19+,20-,21+,22?,25+/m1/s1. The van der Waals surface area contributed by atoms with E-state index in [0.29, 0.717) is 55.9 Å². The third kappa shape index (κ3) is 4.45. The van der Waals surface area contributed by atoms with E-state index >= 15 is 0 Å². The summed E-state index contributed by atoms with van der Waals surface area (Å²) in [6.07, 6.45) is 6.15. The van der Waals surface area contributed by atoms with Gasteiger partial charge in [0.15, 0.2) is 0 Å². The Hall–Kier alpha value is -0.650. The minimum atomic E-state index is -0.206. The summed E-state index contributed by atoms with van der Waals surface area (Å²) in [4.78, 5) is 13.3. The highest BCUT2D eigenvalue weighted by molar-refractivity contribution is 5.79. The molecule has 30 heavy (non-hydrogen) atoms. The van der Waals surface area contributed by atoms with E-state index in [1.54, 1.807) is 0 Å². The number of carbonyl (C=O) groups is 1. The van der Waals surface area contributed by atoms with Crippen LogP contribution in [0.4, 0.5) is 0 Å². The summed E-state index contributed by atoms with van der Waals surface area (Å²) in [5.74, 6) is 2.85. The van der Waals surface area contributed by atoms with Gasteiger partial charge < -0.3 is 20.9 Å². The Morgan fingerprint density at radius 1 is 1.03 bits per heavy atom. The molecule has 3 saturated carbocycles. The van der Waals surface area contributed by atoms with E-state index in [0.717, 1.165) is 32.1 Å². The number of carbonyl (C=O) groups excluding carboxylic acids is 1. The van der Waals surface area contributed by atoms with Crippen LogP contribution in [0.2, 0.25) is 0 Å². The van der Waals surface area contributed by atoms with Crippen molar-refractivity contribution in [3.8, 4) is 0 Å². The number of amides is 1. The molecule has 3 aliphatic carbocycles. The Kier molecular flexibility index (Phi) is 7.57. The van der Waals surface area contributed by atoms with Gasteiger partial charge in [0.25, 0.3) is 0 Å². The molecular weight excluding hydrogens is 376 g/mol. The zero-order valence-corrected chi connectivity index (χ0v) is 20.0. The van der Waals surface area contributed by atoms with Gasteiger partial charge in [-0.05, 0) is 78.9 Å². The number of hydrogen-bond donors (Lipinski definition) is 3. The quantitative estimate of drug-likeness (QED) is 0.571. The van der Waals surface area contributed by atoms with Crippen molar-refractivity contribution in [2.75, 3.05) is 26.3 Å². The van der Waals surface area contributed by atoms with E-state index in [9.17, 15) is 9.90 Å². The van der Waals surface area contributed by atoms with Crippen LogP contribution in [0.5, 0.6) is 0 Å². The predicted molar refractivity (Wildman–Crippen MR) is 121 cm³/mol. The van der Waals surface area contributed by atoms with Gasteiger partial charge in [-0.15, -0.1) is 0 Å². The topological polar surface area (TPSA) is 84.6 Å². The molecule has 5 nitrogen and oxygen atoms in total. The smallest absolute Gasteiger partial charge is 0.223 e. The van der Waals surface area contributed by atoms with Crippen LogP contribution in [0.15, 0.2) is 0 Å². The summed E-state index contributed by atoms with van der Waals surface area (Å²) in [6, 6.07) is 0. The molecule has 2 unspecified atom stereocenters. The van der Waals surface area contributed by atoms with Gasteiger partial charge in [-0.1, -0.05) is 34.6 Å². The van der Waals surface area contributed by atoms with Crippen LogP contribution in [-0.2, 0) is 9.53 Å². The Morgan fingerprint density at radius 3 is 2.47 bits per heavy atom. The number of aliphatic hydroxyl groups excluding tert-OH is 1. The Bertz CT molecular complexity index is 595. The minimum Gasteiger partial charge on any atom is -0.393 e. The third-order valence-electron chi connectivity index (χ3n) is 9.55. The van der Waals surface area contributed by atoms with Crippen LogP contribution in [0, 0.1) is 46.3 Å². The fraction of sp³-hybridized carbons (Fsp3) is 0.960. The van der Waals surface area contributed by atoms with E-state index in [4.69, 9.17) is 10.5 Å². The fourth-order valence-electron chi connectivity index (χ4n) is 7.68. The van der Waals surface area contributed by atoms with E-state index in [-0.39, 0.29) is 28.8 Å². The highest BCUT2D eigenvalue weighted by Gasteiger charge is 2.56. The maximum Gasteiger partial charge on any atom is 0.223 e. The molecule has 5 heteroatoms. The minimum absolute atomic E-state index is 0.0151. The molecule has 0 aliphatic heterocycles. The molecule has 1 amide bonds. The zero-order chi connectivity index (χ0) is 22.1. The van der Waals surface area contributed by atoms with Gasteiger partial charge in [-0.25, -0.2) is 0 Å². The summed E-state index contributed by atoms with van der Waals surface area (Å²) >= 11 is 0. The monoisotopic (exact) mass is 422 g/mol. The number of hydrogen-bond acceptors (Lipinski definition) is 4. The first-order valence-corrected chi connectivity index (χ1v) is 12.4. The van der Waals surface area contributed by atoms with Crippen molar-refractivity contribution in [1.82, 2.24) is 5.32 Å². The number of ether oxygens (including phenoxy) is 1. The van der Waals surface area contributed by atoms with Gasteiger partial charge in [0.05, 0.1) is 19.3 Å². The Balaban J connectivity index is 1.82. The van der Waals surface area contributed by atoms with E-state index in [1.165, 1.54) is 6.42 Å². The highest BCUT2D eigenvalue weighted by atomic mass is 16.5. The van der Waals surface area contributed by atoms with Crippen LogP contribution in [0.25, 0.3) is 0 Å². The first kappa shape index (κ1) is 24.0. The Labute approximate surface area is 183 Å². The number of nitrogens with two attached hydrogens (primary N) is 1. The van der Waals surface area contributed by atoms with Crippen LogP contribution in [-0.4, -0.2) is 43.4 Å². The van der Waals surface area contributed by atoms with Gasteiger partial charge >= 0.3 is 0 Å². The lowest BCUT2D eigenvalue weighted by Gasteiger charge is -2.59. The molecule has 174 valence electrons. The summed E-state index contributed by atoms with van der Waals surface area (Å²) in [6.45, 7) is 14.0. The molecule has 3 rings (SSSR count). The van der Waals surface area contributed by atoms with Crippen molar-refractivity contribution in [1.29, 1.82) is 0 Å². The molecule has 2 bridgehead atoms.